The quantitative estimate of drug-likeness (QED) is 0.824. The molecular weight excluding hydrogens is 336 g/mol. The van der Waals surface area contributed by atoms with Crippen molar-refractivity contribution >= 4 is 17.8 Å². The third-order valence-corrected chi connectivity index (χ3v) is 4.42. The Morgan fingerprint density at radius 3 is 2.69 bits per heavy atom. The molecule has 0 radical (unpaired) electrons. The topological polar surface area (TPSA) is 99.8 Å². The molecule has 7 nitrogen and oxygen atoms in total. The number of aryl methyl sites for hydroxylation is 1. The molecule has 2 aromatic rings. The van der Waals surface area contributed by atoms with E-state index in [1.807, 2.05) is 30.3 Å². The van der Waals surface area contributed by atoms with Crippen molar-refractivity contribution in [1.29, 1.82) is 0 Å². The largest absolute Gasteiger partial charge is 0.478 e. The first-order valence-corrected chi connectivity index (χ1v) is 8.47. The lowest BCUT2D eigenvalue weighted by Crippen LogP contribution is -2.38. The van der Waals surface area contributed by atoms with Crippen LogP contribution < -0.4 is 5.32 Å². The molecule has 1 aromatic carbocycles. The molecule has 1 unspecified atom stereocenters. The predicted octanol–water partition coefficient (Wildman–Crippen LogP) is 1.94. The second-order valence-corrected chi connectivity index (χ2v) is 6.29. The molecule has 1 saturated heterocycles. The molecule has 0 saturated carbocycles. The normalized spacial score (nSPS) is 16.5. The Bertz CT molecular complexity index is 799. The number of nitrogens with one attached hydrogen (secondary N) is 1. The summed E-state index contributed by atoms with van der Waals surface area (Å²) in [6, 6.07) is 10.9. The van der Waals surface area contributed by atoms with Gasteiger partial charge in [-0.2, -0.15) is 0 Å². The smallest absolute Gasteiger partial charge is 0.338 e. The number of hydrogen-bond donors (Lipinski definition) is 2. The summed E-state index contributed by atoms with van der Waals surface area (Å²) in [5.41, 5.74) is 1.05. The first-order valence-electron chi connectivity index (χ1n) is 8.47. The molecule has 2 heterocycles. The number of aromatic carboxylic acids is 1. The molecule has 136 valence electrons. The highest BCUT2D eigenvalue weighted by Gasteiger charge is 2.28. The first-order chi connectivity index (χ1) is 12.5. The van der Waals surface area contributed by atoms with Crippen LogP contribution in [0.15, 0.2) is 47.1 Å². The molecule has 1 atom stereocenters. The summed E-state index contributed by atoms with van der Waals surface area (Å²) in [5.74, 6) is -1.60. The molecular formula is C19H20N2O5. The third kappa shape index (κ3) is 4.30. The minimum Gasteiger partial charge on any atom is -0.478 e. The molecule has 1 aliphatic heterocycles. The van der Waals surface area contributed by atoms with Gasteiger partial charge in [0.15, 0.2) is 5.76 Å². The van der Waals surface area contributed by atoms with Crippen LogP contribution in [0.1, 0.15) is 39.3 Å². The molecule has 0 bridgehead atoms. The van der Waals surface area contributed by atoms with Crippen molar-refractivity contribution in [3.63, 3.8) is 0 Å². The number of carbonyl (C=O) groups excluding carboxylic acids is 2. The Kier molecular flexibility index (Phi) is 5.36. The number of carbonyl (C=O) groups is 3. The lowest BCUT2D eigenvalue weighted by Gasteiger charge is -2.17. The van der Waals surface area contributed by atoms with Gasteiger partial charge in [-0.15, -0.1) is 0 Å². The number of likely N-dealkylation sites (tertiary alicyclic amines) is 1. The number of rotatable bonds is 6. The fourth-order valence-corrected chi connectivity index (χ4v) is 2.98. The Labute approximate surface area is 150 Å². The van der Waals surface area contributed by atoms with Crippen molar-refractivity contribution in [2.24, 2.45) is 0 Å². The summed E-state index contributed by atoms with van der Waals surface area (Å²) in [6.07, 6.45) is 2.82. The molecule has 3 rings (SSSR count). The van der Waals surface area contributed by atoms with Crippen molar-refractivity contribution in [3.8, 4) is 0 Å². The van der Waals surface area contributed by atoms with Crippen molar-refractivity contribution in [1.82, 2.24) is 10.2 Å². The summed E-state index contributed by atoms with van der Waals surface area (Å²) in [5, 5.41) is 11.6. The van der Waals surface area contributed by atoms with Crippen LogP contribution >= 0.6 is 0 Å². The van der Waals surface area contributed by atoms with Crippen LogP contribution in [-0.4, -0.2) is 46.9 Å². The standard InChI is InChI=1S/C19H20N2O5/c22-17(7-6-13-4-2-1-3-5-13)21-9-8-15(11-21)20-18(23)16-10-14(12-26-16)19(24)25/h1-5,10,12,15H,6-9,11H2,(H,20,23)(H,24,25). The van der Waals surface area contributed by atoms with E-state index in [1.54, 1.807) is 4.90 Å². The van der Waals surface area contributed by atoms with E-state index in [-0.39, 0.29) is 23.3 Å². The first kappa shape index (κ1) is 17.7. The molecule has 2 amide bonds. The zero-order valence-corrected chi connectivity index (χ0v) is 14.2. The van der Waals surface area contributed by atoms with E-state index < -0.39 is 11.9 Å². The van der Waals surface area contributed by atoms with Gasteiger partial charge in [0.25, 0.3) is 5.91 Å². The van der Waals surface area contributed by atoms with Gasteiger partial charge >= 0.3 is 5.97 Å². The summed E-state index contributed by atoms with van der Waals surface area (Å²) in [6.45, 7) is 1.04. The summed E-state index contributed by atoms with van der Waals surface area (Å²) >= 11 is 0. The van der Waals surface area contributed by atoms with Crippen LogP contribution in [-0.2, 0) is 11.2 Å². The van der Waals surface area contributed by atoms with Crippen molar-refractivity contribution in [2.45, 2.75) is 25.3 Å². The predicted molar refractivity (Wildman–Crippen MR) is 92.9 cm³/mol. The van der Waals surface area contributed by atoms with Crippen molar-refractivity contribution < 1.29 is 23.9 Å². The van der Waals surface area contributed by atoms with E-state index in [0.717, 1.165) is 11.8 Å². The Morgan fingerprint density at radius 2 is 2.00 bits per heavy atom. The maximum Gasteiger partial charge on any atom is 0.338 e. The van der Waals surface area contributed by atoms with Gasteiger partial charge < -0.3 is 19.7 Å². The molecule has 0 aliphatic carbocycles. The van der Waals surface area contributed by atoms with Crippen LogP contribution in [0, 0.1) is 0 Å². The van der Waals surface area contributed by atoms with Gasteiger partial charge in [-0.1, -0.05) is 30.3 Å². The van der Waals surface area contributed by atoms with Crippen molar-refractivity contribution in [3.05, 3.63) is 59.5 Å². The maximum absolute atomic E-state index is 12.3. The Morgan fingerprint density at radius 1 is 1.23 bits per heavy atom. The molecule has 1 fully saturated rings. The summed E-state index contributed by atoms with van der Waals surface area (Å²) in [7, 11) is 0. The summed E-state index contributed by atoms with van der Waals surface area (Å²) < 4.78 is 4.99. The molecule has 2 N–H and O–H groups in total. The molecule has 1 aromatic heterocycles. The third-order valence-electron chi connectivity index (χ3n) is 4.42. The number of amides is 2. The number of carboxylic acid groups (broad SMARTS) is 1. The highest BCUT2D eigenvalue weighted by molar-refractivity contribution is 5.95. The van der Waals surface area contributed by atoms with Crippen LogP contribution in [0.4, 0.5) is 0 Å². The fraction of sp³-hybridized carbons (Fsp3) is 0.316. The van der Waals surface area contributed by atoms with Gasteiger partial charge in [0.1, 0.15) is 6.26 Å². The number of benzene rings is 1. The van der Waals surface area contributed by atoms with E-state index in [0.29, 0.717) is 32.4 Å². The second kappa shape index (κ2) is 7.86. The minimum atomic E-state index is -1.15. The van der Waals surface area contributed by atoms with Gasteiger partial charge in [-0.3, -0.25) is 9.59 Å². The number of carboxylic acids is 1. The highest BCUT2D eigenvalue weighted by Crippen LogP contribution is 2.14. The van der Waals surface area contributed by atoms with Crippen LogP contribution in [0.25, 0.3) is 0 Å². The molecule has 1 aliphatic rings. The van der Waals surface area contributed by atoms with Crippen LogP contribution in [0.2, 0.25) is 0 Å². The monoisotopic (exact) mass is 356 g/mol. The Hall–Kier alpha value is -3.09. The van der Waals surface area contributed by atoms with E-state index in [9.17, 15) is 14.4 Å². The number of hydrogen-bond acceptors (Lipinski definition) is 4. The zero-order valence-electron chi connectivity index (χ0n) is 14.2. The molecule has 26 heavy (non-hydrogen) atoms. The maximum atomic E-state index is 12.3. The minimum absolute atomic E-state index is 0.0451. The van der Waals surface area contributed by atoms with Gasteiger partial charge in [-0.05, 0) is 18.4 Å². The van der Waals surface area contributed by atoms with Gasteiger partial charge in [-0.25, -0.2) is 4.79 Å². The number of furan rings is 1. The van der Waals surface area contributed by atoms with Crippen molar-refractivity contribution in [2.75, 3.05) is 13.1 Å². The lowest BCUT2D eigenvalue weighted by molar-refractivity contribution is -0.130. The fourth-order valence-electron chi connectivity index (χ4n) is 2.98. The number of nitrogens with zero attached hydrogens (tertiary/aromatic N) is 1. The second-order valence-electron chi connectivity index (χ2n) is 6.29. The lowest BCUT2D eigenvalue weighted by atomic mass is 10.1. The Balaban J connectivity index is 1.47. The van der Waals surface area contributed by atoms with Gasteiger partial charge in [0, 0.05) is 31.6 Å². The van der Waals surface area contributed by atoms with Gasteiger partial charge in [0.05, 0.1) is 5.56 Å². The van der Waals surface area contributed by atoms with Crippen LogP contribution in [0.3, 0.4) is 0 Å². The van der Waals surface area contributed by atoms with E-state index in [2.05, 4.69) is 5.32 Å². The SMILES string of the molecule is O=C(O)c1coc(C(=O)NC2CCN(C(=O)CCc3ccccc3)C2)c1. The van der Waals surface area contributed by atoms with E-state index >= 15 is 0 Å². The zero-order chi connectivity index (χ0) is 18.5. The van der Waals surface area contributed by atoms with Crippen LogP contribution in [0.5, 0.6) is 0 Å². The van der Waals surface area contributed by atoms with E-state index in [1.165, 1.54) is 6.07 Å². The molecule has 0 spiro atoms. The average Bonchev–Trinajstić information content (AvgIpc) is 3.30. The highest BCUT2D eigenvalue weighted by atomic mass is 16.4. The van der Waals surface area contributed by atoms with E-state index in [4.69, 9.17) is 9.52 Å². The van der Waals surface area contributed by atoms with Gasteiger partial charge in [0.2, 0.25) is 5.91 Å². The average molecular weight is 356 g/mol. The molecule has 7 heteroatoms. The summed E-state index contributed by atoms with van der Waals surface area (Å²) in [4.78, 5) is 37.0.